The van der Waals surface area contributed by atoms with E-state index in [4.69, 9.17) is 14.6 Å². The molecular weight excluding hydrogens is 488 g/mol. The molecule has 1 N–H and O–H groups in total. The molecule has 0 radical (unpaired) electrons. The number of carbonyl (C=O) groups excluding carboxylic acids is 2. The van der Waals surface area contributed by atoms with E-state index in [1.54, 1.807) is 18.2 Å². The number of hydrogen-bond donors (Lipinski definition) is 1. The van der Waals surface area contributed by atoms with Crippen LogP contribution in [0.3, 0.4) is 0 Å². The molecule has 0 aliphatic carbocycles. The Labute approximate surface area is 218 Å². The lowest BCUT2D eigenvalue weighted by Crippen LogP contribution is -2.25. The maximum Gasteiger partial charge on any atom is 0.262 e. The molecule has 3 aliphatic heterocycles. The molecule has 6 rings (SSSR count). The second-order valence-corrected chi connectivity index (χ2v) is 10.2. The third-order valence-corrected chi connectivity index (χ3v) is 7.57. The molecule has 0 bridgehead atoms. The van der Waals surface area contributed by atoms with Crippen LogP contribution in [0.25, 0.3) is 0 Å². The van der Waals surface area contributed by atoms with E-state index in [1.807, 2.05) is 35.3 Å². The van der Waals surface area contributed by atoms with Gasteiger partial charge in [-0.25, -0.2) is 5.01 Å². The fourth-order valence-corrected chi connectivity index (χ4v) is 5.56. The third kappa shape index (κ3) is 4.82. The zero-order valence-electron chi connectivity index (χ0n) is 20.1. The number of benzene rings is 3. The summed E-state index contributed by atoms with van der Waals surface area (Å²) in [6, 6.07) is 23.5. The summed E-state index contributed by atoms with van der Waals surface area (Å²) in [7, 11) is 0. The highest BCUT2D eigenvalue weighted by Crippen LogP contribution is 2.39. The minimum atomic E-state index is -0.612. The first-order chi connectivity index (χ1) is 18.0. The number of nitrogens with one attached hydrogen (secondary N) is 1. The van der Waals surface area contributed by atoms with Crippen LogP contribution in [0.5, 0.6) is 11.5 Å². The van der Waals surface area contributed by atoms with Gasteiger partial charge in [0, 0.05) is 24.6 Å². The van der Waals surface area contributed by atoms with Gasteiger partial charge in [0.25, 0.3) is 5.91 Å². The van der Waals surface area contributed by atoms with Gasteiger partial charge in [-0.15, -0.1) is 0 Å². The largest absolute Gasteiger partial charge is 0.454 e. The van der Waals surface area contributed by atoms with Crippen molar-refractivity contribution in [1.29, 1.82) is 0 Å². The second kappa shape index (κ2) is 9.74. The maximum atomic E-state index is 12.8. The molecule has 2 atom stereocenters. The van der Waals surface area contributed by atoms with Gasteiger partial charge in [0.05, 0.1) is 11.8 Å². The normalized spacial score (nSPS) is 20.1. The van der Waals surface area contributed by atoms with Crippen molar-refractivity contribution in [1.82, 2.24) is 5.01 Å². The molecule has 8 nitrogen and oxygen atoms in total. The number of nitrogens with zero attached hydrogens (tertiary/aromatic N) is 3. The molecule has 3 aliphatic rings. The predicted octanol–water partition coefficient (Wildman–Crippen LogP) is 4.90. The highest BCUT2D eigenvalue weighted by molar-refractivity contribution is 8.15. The number of amides is 2. The molecule has 3 heterocycles. The standard InChI is InChI=1S/C28H24N4O4S/c1-17-7-9-19(10-8-17)22-14-21(18-5-3-2-4-6-18)31-32(22)28-30-27(34)25(37-28)15-26(33)29-20-11-12-23-24(13-20)36-16-35-23/h2-13,22,25H,14-16H2,1H3,(H,29,33)/t22-,25-/m1/s1. The van der Waals surface area contributed by atoms with Crippen molar-refractivity contribution in [3.05, 3.63) is 89.5 Å². The Bertz CT molecular complexity index is 1420. The first-order valence-corrected chi connectivity index (χ1v) is 12.9. The van der Waals surface area contributed by atoms with Gasteiger partial charge in [0.2, 0.25) is 12.7 Å². The number of thioether (sulfide) groups is 1. The van der Waals surface area contributed by atoms with Crippen LogP contribution in [-0.4, -0.2) is 39.7 Å². The molecule has 0 saturated carbocycles. The number of carbonyl (C=O) groups is 2. The van der Waals surface area contributed by atoms with Gasteiger partial charge >= 0.3 is 0 Å². The topological polar surface area (TPSA) is 92.6 Å². The summed E-state index contributed by atoms with van der Waals surface area (Å²) in [6.07, 6.45) is 0.694. The molecule has 3 aromatic carbocycles. The summed E-state index contributed by atoms with van der Waals surface area (Å²) in [6.45, 7) is 2.21. The van der Waals surface area contributed by atoms with Crippen LogP contribution < -0.4 is 14.8 Å². The lowest BCUT2D eigenvalue weighted by atomic mass is 9.98. The van der Waals surface area contributed by atoms with Crippen molar-refractivity contribution in [3.8, 4) is 11.5 Å². The van der Waals surface area contributed by atoms with Crippen LogP contribution in [0.1, 0.15) is 35.6 Å². The summed E-state index contributed by atoms with van der Waals surface area (Å²) < 4.78 is 10.7. The number of aliphatic imine (C=N–C) groups is 1. The quantitative estimate of drug-likeness (QED) is 0.523. The number of aryl methyl sites for hydroxylation is 1. The number of anilines is 1. The number of fused-ring (bicyclic) bond motifs is 1. The fourth-order valence-electron chi connectivity index (χ4n) is 4.50. The van der Waals surface area contributed by atoms with Crippen LogP contribution in [0, 0.1) is 6.92 Å². The van der Waals surface area contributed by atoms with Crippen molar-refractivity contribution in [3.63, 3.8) is 0 Å². The van der Waals surface area contributed by atoms with Gasteiger partial charge in [-0.1, -0.05) is 71.9 Å². The lowest BCUT2D eigenvalue weighted by Gasteiger charge is -2.23. The summed E-state index contributed by atoms with van der Waals surface area (Å²) in [5, 5.41) is 9.47. The molecule has 186 valence electrons. The fraction of sp³-hybridized carbons (Fsp3) is 0.214. The van der Waals surface area contributed by atoms with Gasteiger partial charge < -0.3 is 14.8 Å². The van der Waals surface area contributed by atoms with E-state index in [2.05, 4.69) is 41.5 Å². The predicted molar refractivity (Wildman–Crippen MR) is 143 cm³/mol. The molecule has 0 fully saturated rings. The Morgan fingerprint density at radius 1 is 1.05 bits per heavy atom. The average molecular weight is 513 g/mol. The summed E-state index contributed by atoms with van der Waals surface area (Å²) in [5.74, 6) is 0.623. The van der Waals surface area contributed by atoms with E-state index in [1.165, 1.54) is 17.3 Å². The molecular formula is C28H24N4O4S. The third-order valence-electron chi connectivity index (χ3n) is 6.43. The highest BCUT2D eigenvalue weighted by atomic mass is 32.2. The molecule has 0 aromatic heterocycles. The lowest BCUT2D eigenvalue weighted by molar-refractivity contribution is -0.121. The highest BCUT2D eigenvalue weighted by Gasteiger charge is 2.39. The van der Waals surface area contributed by atoms with Gasteiger partial charge in [-0.2, -0.15) is 10.1 Å². The summed E-state index contributed by atoms with van der Waals surface area (Å²) in [5.41, 5.74) is 4.83. The van der Waals surface area contributed by atoms with Crippen molar-refractivity contribution in [2.45, 2.75) is 31.1 Å². The van der Waals surface area contributed by atoms with E-state index in [-0.39, 0.29) is 31.1 Å². The number of hydrazone groups is 1. The van der Waals surface area contributed by atoms with Gasteiger partial charge in [0.1, 0.15) is 5.25 Å². The smallest absolute Gasteiger partial charge is 0.262 e. The van der Waals surface area contributed by atoms with Gasteiger partial charge in [0.15, 0.2) is 16.7 Å². The second-order valence-electron chi connectivity index (χ2n) is 9.05. The Morgan fingerprint density at radius 3 is 2.65 bits per heavy atom. The first kappa shape index (κ1) is 23.3. The van der Waals surface area contributed by atoms with E-state index < -0.39 is 5.25 Å². The van der Waals surface area contributed by atoms with Gasteiger partial charge in [-0.3, -0.25) is 9.59 Å². The first-order valence-electron chi connectivity index (χ1n) is 12.0. The Morgan fingerprint density at radius 2 is 1.84 bits per heavy atom. The van der Waals surface area contributed by atoms with Crippen LogP contribution in [0.15, 0.2) is 82.9 Å². The monoisotopic (exact) mass is 512 g/mol. The SMILES string of the molecule is Cc1ccc([C@H]2CC(c3ccccc3)=NN2C2=NC(=O)[C@@H](CC(=O)Nc3ccc4c(c3)OCO4)S2)cc1. The van der Waals surface area contributed by atoms with Crippen LogP contribution >= 0.6 is 11.8 Å². The molecule has 0 saturated heterocycles. The number of ether oxygens (including phenoxy) is 2. The van der Waals surface area contributed by atoms with Crippen LogP contribution in [-0.2, 0) is 9.59 Å². The van der Waals surface area contributed by atoms with E-state index in [0.717, 1.165) is 16.8 Å². The Kier molecular flexibility index (Phi) is 6.13. The zero-order chi connectivity index (χ0) is 25.4. The van der Waals surface area contributed by atoms with Crippen molar-refractivity contribution in [2.24, 2.45) is 10.1 Å². The zero-order valence-corrected chi connectivity index (χ0v) is 20.9. The Hall–Kier alpha value is -4.11. The van der Waals surface area contributed by atoms with Gasteiger partial charge in [-0.05, 0) is 30.2 Å². The maximum absolute atomic E-state index is 12.8. The number of hydrogen-bond acceptors (Lipinski definition) is 7. The number of amidine groups is 1. The van der Waals surface area contributed by atoms with Crippen LogP contribution in [0.4, 0.5) is 5.69 Å². The molecule has 2 amide bonds. The molecule has 0 unspecified atom stereocenters. The van der Waals surface area contributed by atoms with Crippen molar-refractivity contribution in [2.75, 3.05) is 12.1 Å². The van der Waals surface area contributed by atoms with E-state index in [0.29, 0.717) is 28.8 Å². The van der Waals surface area contributed by atoms with E-state index in [9.17, 15) is 9.59 Å². The number of rotatable bonds is 5. The molecule has 3 aromatic rings. The average Bonchev–Trinajstić information content (AvgIpc) is 3.64. The Balaban J connectivity index is 1.18. The van der Waals surface area contributed by atoms with E-state index >= 15 is 0 Å². The molecule has 9 heteroatoms. The molecule has 37 heavy (non-hydrogen) atoms. The minimum Gasteiger partial charge on any atom is -0.454 e. The molecule has 0 spiro atoms. The van der Waals surface area contributed by atoms with Crippen molar-refractivity contribution >= 4 is 40.1 Å². The summed E-state index contributed by atoms with van der Waals surface area (Å²) in [4.78, 5) is 29.9. The summed E-state index contributed by atoms with van der Waals surface area (Å²) >= 11 is 1.29. The minimum absolute atomic E-state index is 0.00321. The van der Waals surface area contributed by atoms with Crippen LogP contribution in [0.2, 0.25) is 0 Å². The van der Waals surface area contributed by atoms with Crippen molar-refractivity contribution < 1.29 is 19.1 Å².